The number of benzene rings is 2. The van der Waals surface area contributed by atoms with Gasteiger partial charge in [0.1, 0.15) is 5.75 Å². The van der Waals surface area contributed by atoms with E-state index < -0.39 is 0 Å². The molecule has 0 spiro atoms. The van der Waals surface area contributed by atoms with Crippen LogP contribution in [0, 0.1) is 0 Å². The molecule has 120 valence electrons. The zero-order valence-corrected chi connectivity index (χ0v) is 14.7. The molecule has 2 aromatic rings. The van der Waals surface area contributed by atoms with Gasteiger partial charge < -0.3 is 10.1 Å². The monoisotopic (exact) mass is 373 g/mol. The van der Waals surface area contributed by atoms with E-state index in [1.807, 2.05) is 36.4 Å². The molecular formula is C19H20BrNO2. The normalized spacial score (nSPS) is 10.7. The van der Waals surface area contributed by atoms with Gasteiger partial charge in [0.05, 0.1) is 6.61 Å². The van der Waals surface area contributed by atoms with Crippen molar-refractivity contribution < 1.29 is 9.53 Å². The zero-order chi connectivity index (χ0) is 16.5. The summed E-state index contributed by atoms with van der Waals surface area (Å²) in [5, 5.41) is 3.08. The van der Waals surface area contributed by atoms with Crippen LogP contribution in [0.3, 0.4) is 0 Å². The molecule has 23 heavy (non-hydrogen) atoms. The van der Waals surface area contributed by atoms with E-state index in [0.717, 1.165) is 28.8 Å². The summed E-state index contributed by atoms with van der Waals surface area (Å²) in [6, 6.07) is 15.0. The molecule has 1 N–H and O–H groups in total. The second-order valence-electron chi connectivity index (χ2n) is 5.08. The molecule has 0 saturated heterocycles. The minimum absolute atomic E-state index is 0.0485. The predicted molar refractivity (Wildman–Crippen MR) is 98.1 cm³/mol. The van der Waals surface area contributed by atoms with Crippen LogP contribution in [0.5, 0.6) is 5.75 Å². The first-order valence-electron chi connectivity index (χ1n) is 7.65. The summed E-state index contributed by atoms with van der Waals surface area (Å²) in [7, 11) is 0. The highest BCUT2D eigenvalue weighted by Crippen LogP contribution is 2.16. The largest absolute Gasteiger partial charge is 0.494 e. The highest BCUT2D eigenvalue weighted by molar-refractivity contribution is 9.10. The maximum Gasteiger partial charge on any atom is 0.187 e. The third-order valence-corrected chi connectivity index (χ3v) is 3.71. The minimum atomic E-state index is -0.0485. The average Bonchev–Trinajstić information content (AvgIpc) is 2.56. The number of ketones is 1. The van der Waals surface area contributed by atoms with E-state index in [4.69, 9.17) is 4.74 Å². The van der Waals surface area contributed by atoms with Gasteiger partial charge in [-0.25, -0.2) is 0 Å². The van der Waals surface area contributed by atoms with Crippen molar-refractivity contribution in [3.05, 3.63) is 70.8 Å². The fourth-order valence-corrected chi connectivity index (χ4v) is 2.34. The highest BCUT2D eigenvalue weighted by atomic mass is 79.9. The Labute approximate surface area is 145 Å². The lowest BCUT2D eigenvalue weighted by Crippen LogP contribution is -1.99. The van der Waals surface area contributed by atoms with Crippen LogP contribution in [0.1, 0.15) is 30.1 Å². The summed E-state index contributed by atoms with van der Waals surface area (Å²) < 4.78 is 6.57. The first kappa shape index (κ1) is 17.3. The number of halogens is 1. The molecular weight excluding hydrogens is 354 g/mol. The molecule has 0 fully saturated rings. The van der Waals surface area contributed by atoms with Gasteiger partial charge in [0.2, 0.25) is 0 Å². The van der Waals surface area contributed by atoms with Crippen LogP contribution in [0.15, 0.2) is 65.3 Å². The maximum atomic E-state index is 12.1. The fourth-order valence-electron chi connectivity index (χ4n) is 1.94. The zero-order valence-electron chi connectivity index (χ0n) is 13.1. The van der Waals surface area contributed by atoms with E-state index in [9.17, 15) is 4.79 Å². The van der Waals surface area contributed by atoms with Gasteiger partial charge in [-0.3, -0.25) is 4.79 Å². The molecule has 0 bridgehead atoms. The van der Waals surface area contributed by atoms with E-state index >= 15 is 0 Å². The van der Waals surface area contributed by atoms with Crippen LogP contribution < -0.4 is 10.1 Å². The topological polar surface area (TPSA) is 38.3 Å². The number of allylic oxidation sites excluding steroid dienone is 1. The van der Waals surface area contributed by atoms with Gasteiger partial charge >= 0.3 is 0 Å². The number of unbranched alkanes of at least 4 members (excludes halogenated alkanes) is 1. The molecule has 0 aliphatic carbocycles. The van der Waals surface area contributed by atoms with E-state index in [0.29, 0.717) is 12.2 Å². The van der Waals surface area contributed by atoms with E-state index in [2.05, 4.69) is 28.2 Å². The number of hydrogen-bond donors (Lipinski definition) is 1. The van der Waals surface area contributed by atoms with Gasteiger partial charge in [0.15, 0.2) is 5.78 Å². The van der Waals surface area contributed by atoms with Crippen molar-refractivity contribution in [2.75, 3.05) is 11.9 Å². The fraction of sp³-hybridized carbons (Fsp3) is 0.211. The lowest BCUT2D eigenvalue weighted by Gasteiger charge is -2.05. The number of rotatable bonds is 8. The van der Waals surface area contributed by atoms with Crippen molar-refractivity contribution in [1.29, 1.82) is 0 Å². The van der Waals surface area contributed by atoms with Gasteiger partial charge in [-0.05, 0) is 48.9 Å². The van der Waals surface area contributed by atoms with Crippen LogP contribution in [-0.2, 0) is 0 Å². The molecule has 0 radical (unpaired) electrons. The Hall–Kier alpha value is -2.07. The lowest BCUT2D eigenvalue weighted by molar-refractivity contribution is 0.104. The van der Waals surface area contributed by atoms with Crippen molar-refractivity contribution in [3.63, 3.8) is 0 Å². The molecule has 2 aromatic carbocycles. The molecule has 3 nitrogen and oxygen atoms in total. The predicted octanol–water partition coefficient (Wildman–Crippen LogP) is 5.44. The summed E-state index contributed by atoms with van der Waals surface area (Å²) >= 11 is 3.41. The number of nitrogens with one attached hydrogen (secondary N) is 1. The number of ether oxygens (including phenoxy) is 1. The number of hydrogen-bond acceptors (Lipinski definition) is 3. The van der Waals surface area contributed by atoms with Crippen LogP contribution in [0.2, 0.25) is 0 Å². The Kier molecular flexibility index (Phi) is 6.88. The van der Waals surface area contributed by atoms with Gasteiger partial charge in [-0.2, -0.15) is 0 Å². The Balaban J connectivity index is 1.88. The molecule has 0 aliphatic rings. The third kappa shape index (κ3) is 5.91. The third-order valence-electron chi connectivity index (χ3n) is 3.21. The Morgan fingerprint density at radius 2 is 2.00 bits per heavy atom. The Bertz CT molecular complexity index is 665. The summed E-state index contributed by atoms with van der Waals surface area (Å²) in [5.41, 5.74) is 1.56. The summed E-state index contributed by atoms with van der Waals surface area (Å²) in [4.78, 5) is 12.1. The van der Waals surface area contributed by atoms with Gasteiger partial charge in [0.25, 0.3) is 0 Å². The second-order valence-corrected chi connectivity index (χ2v) is 5.99. The highest BCUT2D eigenvalue weighted by Gasteiger charge is 2.02. The Morgan fingerprint density at radius 1 is 1.22 bits per heavy atom. The van der Waals surface area contributed by atoms with E-state index in [1.165, 1.54) is 6.08 Å². The van der Waals surface area contributed by atoms with Crippen LogP contribution >= 0.6 is 15.9 Å². The average molecular weight is 374 g/mol. The molecule has 0 heterocycles. The van der Waals surface area contributed by atoms with Crippen LogP contribution in [-0.4, -0.2) is 12.4 Å². The van der Waals surface area contributed by atoms with Crippen molar-refractivity contribution in [1.82, 2.24) is 0 Å². The van der Waals surface area contributed by atoms with Gasteiger partial charge in [-0.1, -0.05) is 35.3 Å². The van der Waals surface area contributed by atoms with Crippen molar-refractivity contribution in [3.8, 4) is 5.75 Å². The summed E-state index contributed by atoms with van der Waals surface area (Å²) in [5.74, 6) is 0.749. The molecule has 2 rings (SSSR count). The standard InChI is InChI=1S/C19H20BrNO2/c1-2-3-13-23-18-9-7-15(8-10-18)19(22)11-12-21-17-6-4-5-16(20)14-17/h4-12,14,21H,2-3,13H2,1H3/b12-11+. The van der Waals surface area contributed by atoms with Crippen molar-refractivity contribution in [2.24, 2.45) is 0 Å². The molecule has 0 atom stereocenters. The molecule has 0 unspecified atom stereocenters. The molecule has 0 aliphatic heterocycles. The molecule has 0 amide bonds. The van der Waals surface area contributed by atoms with Gasteiger partial charge in [-0.15, -0.1) is 0 Å². The number of anilines is 1. The van der Waals surface area contributed by atoms with Gasteiger partial charge in [0, 0.05) is 28.0 Å². The lowest BCUT2D eigenvalue weighted by atomic mass is 10.1. The van der Waals surface area contributed by atoms with Crippen LogP contribution in [0.4, 0.5) is 5.69 Å². The molecule has 4 heteroatoms. The van der Waals surface area contributed by atoms with Crippen molar-refractivity contribution >= 4 is 27.4 Å². The second kappa shape index (κ2) is 9.16. The van der Waals surface area contributed by atoms with E-state index in [1.54, 1.807) is 18.3 Å². The van der Waals surface area contributed by atoms with Crippen molar-refractivity contribution in [2.45, 2.75) is 19.8 Å². The summed E-state index contributed by atoms with van der Waals surface area (Å²) in [6.45, 7) is 2.83. The number of carbonyl (C=O) groups excluding carboxylic acids is 1. The SMILES string of the molecule is CCCCOc1ccc(C(=O)/C=C/Nc2cccc(Br)c2)cc1. The molecule has 0 aromatic heterocycles. The Morgan fingerprint density at radius 3 is 2.70 bits per heavy atom. The van der Waals surface area contributed by atoms with Crippen LogP contribution in [0.25, 0.3) is 0 Å². The minimum Gasteiger partial charge on any atom is -0.494 e. The molecule has 0 saturated carbocycles. The first-order chi connectivity index (χ1) is 11.2. The van der Waals surface area contributed by atoms with E-state index in [-0.39, 0.29) is 5.78 Å². The number of carbonyl (C=O) groups is 1. The smallest absolute Gasteiger partial charge is 0.187 e. The quantitative estimate of drug-likeness (QED) is 0.380. The first-order valence-corrected chi connectivity index (χ1v) is 8.44. The summed E-state index contributed by atoms with van der Waals surface area (Å²) in [6.07, 6.45) is 5.31. The maximum absolute atomic E-state index is 12.1.